The van der Waals surface area contributed by atoms with E-state index in [0.717, 1.165) is 24.7 Å². The summed E-state index contributed by atoms with van der Waals surface area (Å²) in [6.07, 6.45) is 25.4. The molecule has 0 radical (unpaired) electrons. The summed E-state index contributed by atoms with van der Waals surface area (Å²) >= 11 is 0. The van der Waals surface area contributed by atoms with Crippen LogP contribution in [0, 0.1) is 11.8 Å². The third-order valence-electron chi connectivity index (χ3n) is 7.60. The number of aromatic nitrogens is 2. The third-order valence-corrected chi connectivity index (χ3v) is 7.60. The second-order valence-electron chi connectivity index (χ2n) is 10.1. The van der Waals surface area contributed by atoms with E-state index < -0.39 is 0 Å². The van der Waals surface area contributed by atoms with Crippen molar-refractivity contribution >= 4 is 0 Å². The van der Waals surface area contributed by atoms with Gasteiger partial charge in [0.25, 0.3) is 0 Å². The van der Waals surface area contributed by atoms with Gasteiger partial charge in [0.2, 0.25) is 0 Å². The van der Waals surface area contributed by atoms with E-state index in [9.17, 15) is 0 Å². The van der Waals surface area contributed by atoms with Crippen molar-refractivity contribution in [3.8, 4) is 11.3 Å². The van der Waals surface area contributed by atoms with Gasteiger partial charge in [0.15, 0.2) is 0 Å². The summed E-state index contributed by atoms with van der Waals surface area (Å²) in [7, 11) is 0. The van der Waals surface area contributed by atoms with E-state index in [1.807, 2.05) is 0 Å². The summed E-state index contributed by atoms with van der Waals surface area (Å²) in [5.41, 5.74) is 5.32. The molecule has 0 aliphatic heterocycles. The predicted octanol–water partition coefficient (Wildman–Crippen LogP) is 8.98. The van der Waals surface area contributed by atoms with Gasteiger partial charge in [-0.15, -0.1) is 0 Å². The molecule has 1 heterocycles. The molecule has 0 saturated heterocycles. The van der Waals surface area contributed by atoms with E-state index in [0.29, 0.717) is 0 Å². The highest BCUT2D eigenvalue weighted by molar-refractivity contribution is 5.66. The van der Waals surface area contributed by atoms with Crippen molar-refractivity contribution in [1.29, 1.82) is 0 Å². The van der Waals surface area contributed by atoms with Crippen molar-refractivity contribution in [2.24, 2.45) is 11.8 Å². The van der Waals surface area contributed by atoms with Crippen molar-refractivity contribution in [2.45, 2.75) is 117 Å². The molecule has 0 amide bonds. The van der Waals surface area contributed by atoms with Crippen molar-refractivity contribution in [3.05, 3.63) is 47.9 Å². The quantitative estimate of drug-likeness (QED) is 0.277. The lowest BCUT2D eigenvalue weighted by molar-refractivity contribution is 0.252. The first-order chi connectivity index (χ1) is 15.8. The lowest BCUT2D eigenvalue weighted by atomic mass is 9.78. The van der Waals surface area contributed by atoms with Crippen LogP contribution in [0.3, 0.4) is 0 Å². The fourth-order valence-corrected chi connectivity index (χ4v) is 5.60. The summed E-state index contributed by atoms with van der Waals surface area (Å²) in [5, 5.41) is 0. The molecule has 1 aliphatic rings. The number of benzene rings is 1. The fourth-order valence-electron chi connectivity index (χ4n) is 5.60. The highest BCUT2D eigenvalue weighted by Gasteiger charge is 2.21. The van der Waals surface area contributed by atoms with Gasteiger partial charge in [-0.3, -0.25) is 0 Å². The van der Waals surface area contributed by atoms with Gasteiger partial charge in [-0.05, 0) is 48.6 Å². The van der Waals surface area contributed by atoms with Crippen molar-refractivity contribution in [2.75, 3.05) is 0 Å². The molecule has 1 aliphatic carbocycles. The van der Waals surface area contributed by atoms with E-state index in [4.69, 9.17) is 4.98 Å². The molecule has 1 fully saturated rings. The molecule has 1 aromatic heterocycles. The minimum absolute atomic E-state index is 0.888. The predicted molar refractivity (Wildman–Crippen MR) is 138 cm³/mol. The maximum Gasteiger partial charge on any atom is 0.116 e. The second-order valence-corrected chi connectivity index (χ2v) is 10.1. The summed E-state index contributed by atoms with van der Waals surface area (Å²) in [4.78, 5) is 9.18. The zero-order valence-electron chi connectivity index (χ0n) is 20.8. The van der Waals surface area contributed by atoms with Crippen LogP contribution >= 0.6 is 0 Å². The Hall–Kier alpha value is -1.70. The Balaban J connectivity index is 1.56. The molecule has 176 valence electrons. The molecule has 0 unspecified atom stereocenters. The summed E-state index contributed by atoms with van der Waals surface area (Å²) < 4.78 is 0. The van der Waals surface area contributed by atoms with Crippen molar-refractivity contribution in [1.82, 2.24) is 9.97 Å². The molecule has 2 heteroatoms. The molecular weight excluding hydrogens is 388 g/mol. The van der Waals surface area contributed by atoms with Gasteiger partial charge in [-0.1, -0.05) is 115 Å². The largest absolute Gasteiger partial charge is 0.244 e. The fraction of sp³-hybridized carbons (Fsp3) is 0.667. The van der Waals surface area contributed by atoms with Crippen LogP contribution in [0.25, 0.3) is 11.3 Å². The lowest BCUT2D eigenvalue weighted by Gasteiger charge is -2.28. The SMILES string of the molecule is CCCCCCCCCc1ccccc1-c1ncncc1CCC1CCC(CCC)CC1. The number of unbranched alkanes of at least 4 members (excludes halogenated alkanes) is 6. The zero-order chi connectivity index (χ0) is 22.4. The molecular formula is C30H46N2. The maximum absolute atomic E-state index is 4.78. The van der Waals surface area contributed by atoms with E-state index in [-0.39, 0.29) is 0 Å². The number of nitrogens with zero attached hydrogens (tertiary/aromatic N) is 2. The van der Waals surface area contributed by atoms with Crippen LogP contribution in [-0.4, -0.2) is 9.97 Å². The summed E-state index contributed by atoms with van der Waals surface area (Å²) in [6.45, 7) is 4.62. The topological polar surface area (TPSA) is 25.8 Å². The Bertz CT molecular complexity index is 761. The highest BCUT2D eigenvalue weighted by Crippen LogP contribution is 2.35. The monoisotopic (exact) mass is 434 g/mol. The van der Waals surface area contributed by atoms with Crippen LogP contribution in [0.15, 0.2) is 36.8 Å². The minimum atomic E-state index is 0.888. The summed E-state index contributed by atoms with van der Waals surface area (Å²) in [5.74, 6) is 1.88. The minimum Gasteiger partial charge on any atom is -0.244 e. The first-order valence-electron chi connectivity index (χ1n) is 13.7. The van der Waals surface area contributed by atoms with Gasteiger partial charge in [-0.25, -0.2) is 9.97 Å². The third kappa shape index (κ3) is 8.01. The smallest absolute Gasteiger partial charge is 0.116 e. The van der Waals surface area contributed by atoms with Gasteiger partial charge in [-0.2, -0.15) is 0 Å². The Morgan fingerprint density at radius 1 is 0.719 bits per heavy atom. The van der Waals surface area contributed by atoms with E-state index in [1.165, 1.54) is 112 Å². The number of hydrogen-bond acceptors (Lipinski definition) is 2. The zero-order valence-corrected chi connectivity index (χ0v) is 20.8. The Morgan fingerprint density at radius 3 is 2.16 bits per heavy atom. The molecule has 2 aromatic rings. The van der Waals surface area contributed by atoms with Crippen LogP contribution in [0.5, 0.6) is 0 Å². The van der Waals surface area contributed by atoms with E-state index in [1.54, 1.807) is 6.33 Å². The van der Waals surface area contributed by atoms with Crippen LogP contribution in [-0.2, 0) is 12.8 Å². The number of rotatable bonds is 14. The molecule has 0 N–H and O–H groups in total. The average Bonchev–Trinajstić information content (AvgIpc) is 2.84. The Kier molecular flexibility index (Phi) is 11.3. The molecule has 1 aromatic carbocycles. The van der Waals surface area contributed by atoms with E-state index in [2.05, 4.69) is 49.3 Å². The average molecular weight is 435 g/mol. The summed E-state index contributed by atoms with van der Waals surface area (Å²) in [6, 6.07) is 8.95. The molecule has 2 nitrogen and oxygen atoms in total. The first kappa shape index (κ1) is 24.9. The van der Waals surface area contributed by atoms with Gasteiger partial charge < -0.3 is 0 Å². The highest BCUT2D eigenvalue weighted by atomic mass is 14.8. The van der Waals surface area contributed by atoms with Gasteiger partial charge in [0, 0.05) is 11.8 Å². The normalized spacial score (nSPS) is 18.7. The van der Waals surface area contributed by atoms with Gasteiger partial charge >= 0.3 is 0 Å². The molecule has 1 saturated carbocycles. The number of aryl methyl sites for hydroxylation is 2. The Morgan fingerprint density at radius 2 is 1.41 bits per heavy atom. The van der Waals surface area contributed by atoms with E-state index >= 15 is 0 Å². The van der Waals surface area contributed by atoms with Gasteiger partial charge in [0.1, 0.15) is 6.33 Å². The first-order valence-corrected chi connectivity index (χ1v) is 13.7. The lowest BCUT2D eigenvalue weighted by Crippen LogP contribution is -2.15. The molecule has 32 heavy (non-hydrogen) atoms. The van der Waals surface area contributed by atoms with Crippen LogP contribution < -0.4 is 0 Å². The van der Waals surface area contributed by atoms with Crippen molar-refractivity contribution < 1.29 is 0 Å². The standard InChI is InChI=1S/C30H46N2/c1-3-5-6-7-8-9-10-14-27-15-11-12-16-29(27)30-28(23-31-24-32-30)22-21-26-19-17-25(13-4-2)18-20-26/h11-12,15-16,23-26H,3-10,13-14,17-22H2,1-2H3. The van der Waals surface area contributed by atoms with Crippen molar-refractivity contribution in [3.63, 3.8) is 0 Å². The maximum atomic E-state index is 4.78. The number of hydrogen-bond donors (Lipinski definition) is 0. The molecule has 0 atom stereocenters. The van der Waals surface area contributed by atoms with Crippen LogP contribution in [0.1, 0.15) is 115 Å². The van der Waals surface area contributed by atoms with Crippen LogP contribution in [0.4, 0.5) is 0 Å². The molecule has 3 rings (SSSR count). The van der Waals surface area contributed by atoms with Gasteiger partial charge in [0.05, 0.1) is 5.69 Å². The molecule has 0 spiro atoms. The molecule has 0 bridgehead atoms. The van der Waals surface area contributed by atoms with Crippen LogP contribution in [0.2, 0.25) is 0 Å². The Labute approximate surface area is 197 Å². The second kappa shape index (κ2) is 14.4.